The minimum Gasteiger partial charge on any atom is -0.491 e. The van der Waals surface area contributed by atoms with E-state index in [1.807, 2.05) is 19.1 Å². The maximum Gasteiger partial charge on any atom is 0.179 e. The van der Waals surface area contributed by atoms with Crippen LogP contribution >= 0.6 is 11.6 Å². The number of ether oxygens (including phenoxy) is 2. The van der Waals surface area contributed by atoms with Crippen molar-refractivity contribution in [3.63, 3.8) is 0 Å². The van der Waals surface area contributed by atoms with E-state index in [4.69, 9.17) is 26.2 Å². The van der Waals surface area contributed by atoms with E-state index < -0.39 is 0 Å². The van der Waals surface area contributed by atoms with Crippen molar-refractivity contribution < 1.29 is 14.6 Å². The zero-order valence-electron chi connectivity index (χ0n) is 12.0. The van der Waals surface area contributed by atoms with E-state index in [0.29, 0.717) is 36.2 Å². The van der Waals surface area contributed by atoms with Crippen LogP contribution in [0.4, 0.5) is 0 Å². The van der Waals surface area contributed by atoms with Crippen molar-refractivity contribution in [1.29, 1.82) is 0 Å². The highest BCUT2D eigenvalue weighted by molar-refractivity contribution is 6.32. The van der Waals surface area contributed by atoms with Gasteiger partial charge in [0.05, 0.1) is 25.3 Å². The Morgan fingerprint density at radius 2 is 1.95 bits per heavy atom. The predicted octanol–water partition coefficient (Wildman–Crippen LogP) is 1.42. The lowest BCUT2D eigenvalue weighted by atomic mass is 10.2. The predicted molar refractivity (Wildman–Crippen MR) is 80.8 cm³/mol. The van der Waals surface area contributed by atoms with Gasteiger partial charge < -0.3 is 25.2 Å². The molecule has 6 heteroatoms. The number of aliphatic hydroxyl groups is 1. The fourth-order valence-corrected chi connectivity index (χ4v) is 2.11. The lowest BCUT2D eigenvalue weighted by molar-refractivity contribution is 0.292. The maximum atomic E-state index is 8.64. The van der Waals surface area contributed by atoms with Gasteiger partial charge in [-0.2, -0.15) is 0 Å². The number of halogens is 1. The minimum atomic E-state index is 0.159. The topological polar surface area (TPSA) is 62.8 Å². The molecule has 114 valence electrons. The summed E-state index contributed by atoms with van der Waals surface area (Å²) in [6, 6.07) is 3.80. The Morgan fingerprint density at radius 3 is 2.60 bits per heavy atom. The number of aliphatic hydroxyl groups excluding tert-OH is 1. The van der Waals surface area contributed by atoms with Gasteiger partial charge in [-0.3, -0.25) is 0 Å². The average Bonchev–Trinajstić information content (AvgIpc) is 2.43. The first-order chi connectivity index (χ1) is 9.72. The minimum absolute atomic E-state index is 0.159. The van der Waals surface area contributed by atoms with Crippen LogP contribution in [0.3, 0.4) is 0 Å². The molecule has 0 unspecified atom stereocenters. The Bertz CT molecular complexity index is 402. The van der Waals surface area contributed by atoms with E-state index in [1.54, 1.807) is 7.11 Å². The third kappa shape index (κ3) is 5.54. The average molecular weight is 303 g/mol. The molecule has 0 radical (unpaired) electrons. The smallest absolute Gasteiger partial charge is 0.179 e. The molecule has 0 aromatic heterocycles. The summed E-state index contributed by atoms with van der Waals surface area (Å²) in [6.07, 6.45) is 0. The number of hydrogen-bond acceptors (Lipinski definition) is 5. The van der Waals surface area contributed by atoms with Crippen molar-refractivity contribution in [3.05, 3.63) is 22.7 Å². The molecule has 0 bridgehead atoms. The Hall–Kier alpha value is -1.01. The van der Waals surface area contributed by atoms with Crippen LogP contribution in [-0.4, -0.2) is 45.1 Å². The quantitative estimate of drug-likeness (QED) is 0.571. The normalized spacial score (nSPS) is 10.6. The van der Waals surface area contributed by atoms with E-state index in [9.17, 15) is 0 Å². The zero-order chi connectivity index (χ0) is 14.8. The van der Waals surface area contributed by atoms with Crippen LogP contribution in [0.5, 0.6) is 11.5 Å². The van der Waals surface area contributed by atoms with Gasteiger partial charge in [0.1, 0.15) is 0 Å². The standard InChI is InChI=1S/C14H23ClN2O3/c1-3-20-13-9-11(8-12(15)14(13)19-2)10-17-5-4-16-6-7-18/h8-9,16-18H,3-7,10H2,1-2H3. The summed E-state index contributed by atoms with van der Waals surface area (Å²) in [5.41, 5.74) is 1.04. The fraction of sp³-hybridized carbons (Fsp3) is 0.571. The highest BCUT2D eigenvalue weighted by atomic mass is 35.5. The fourth-order valence-electron chi connectivity index (χ4n) is 1.80. The largest absolute Gasteiger partial charge is 0.491 e. The van der Waals surface area contributed by atoms with Crippen molar-refractivity contribution in [2.75, 3.05) is 40.0 Å². The van der Waals surface area contributed by atoms with Crippen LogP contribution in [0.25, 0.3) is 0 Å². The SMILES string of the molecule is CCOc1cc(CNCCNCCO)cc(Cl)c1OC. The van der Waals surface area contributed by atoms with Crippen LogP contribution in [0.1, 0.15) is 12.5 Å². The van der Waals surface area contributed by atoms with E-state index in [-0.39, 0.29) is 6.61 Å². The van der Waals surface area contributed by atoms with E-state index >= 15 is 0 Å². The van der Waals surface area contributed by atoms with E-state index in [2.05, 4.69) is 10.6 Å². The molecule has 0 saturated heterocycles. The molecule has 1 rings (SSSR count). The van der Waals surface area contributed by atoms with E-state index in [1.165, 1.54) is 0 Å². The van der Waals surface area contributed by atoms with Crippen molar-refractivity contribution in [2.24, 2.45) is 0 Å². The first kappa shape index (κ1) is 17.0. The highest BCUT2D eigenvalue weighted by Crippen LogP contribution is 2.36. The van der Waals surface area contributed by atoms with Crippen LogP contribution in [-0.2, 0) is 6.54 Å². The molecule has 0 atom stereocenters. The molecular weight excluding hydrogens is 280 g/mol. The summed E-state index contributed by atoms with van der Waals surface area (Å²) in [7, 11) is 1.58. The number of rotatable bonds is 10. The summed E-state index contributed by atoms with van der Waals surface area (Å²) in [5, 5.41) is 15.6. The number of hydrogen-bond donors (Lipinski definition) is 3. The third-order valence-electron chi connectivity index (χ3n) is 2.67. The van der Waals surface area contributed by atoms with Crippen LogP contribution in [0.2, 0.25) is 5.02 Å². The second-order valence-corrected chi connectivity index (χ2v) is 4.60. The van der Waals surface area contributed by atoms with Gasteiger partial charge in [0.2, 0.25) is 0 Å². The molecule has 1 aromatic rings. The second kappa shape index (κ2) is 9.83. The van der Waals surface area contributed by atoms with Crippen LogP contribution < -0.4 is 20.1 Å². The molecule has 0 saturated carbocycles. The monoisotopic (exact) mass is 302 g/mol. The second-order valence-electron chi connectivity index (χ2n) is 4.19. The zero-order valence-corrected chi connectivity index (χ0v) is 12.8. The molecule has 0 heterocycles. The first-order valence-corrected chi connectivity index (χ1v) is 7.12. The Morgan fingerprint density at radius 1 is 1.20 bits per heavy atom. The molecule has 0 aliphatic heterocycles. The number of benzene rings is 1. The summed E-state index contributed by atoms with van der Waals surface area (Å²) < 4.78 is 10.8. The Balaban J connectivity index is 2.53. The van der Waals surface area contributed by atoms with Crippen LogP contribution in [0, 0.1) is 0 Å². The van der Waals surface area contributed by atoms with E-state index in [0.717, 1.165) is 18.7 Å². The molecule has 0 spiro atoms. The van der Waals surface area contributed by atoms with Gasteiger partial charge in [-0.25, -0.2) is 0 Å². The van der Waals surface area contributed by atoms with Crippen molar-refractivity contribution >= 4 is 11.6 Å². The summed E-state index contributed by atoms with van der Waals surface area (Å²) in [6.45, 7) is 5.58. The summed E-state index contributed by atoms with van der Waals surface area (Å²) in [5.74, 6) is 1.24. The maximum absolute atomic E-state index is 8.64. The lowest BCUT2D eigenvalue weighted by Gasteiger charge is -2.13. The lowest BCUT2D eigenvalue weighted by Crippen LogP contribution is -2.28. The van der Waals surface area contributed by atoms with Gasteiger partial charge in [-0.05, 0) is 24.6 Å². The summed E-state index contributed by atoms with van der Waals surface area (Å²) in [4.78, 5) is 0. The molecule has 0 aliphatic rings. The summed E-state index contributed by atoms with van der Waals surface area (Å²) >= 11 is 6.18. The first-order valence-electron chi connectivity index (χ1n) is 6.74. The van der Waals surface area contributed by atoms with Crippen molar-refractivity contribution in [3.8, 4) is 11.5 Å². The third-order valence-corrected chi connectivity index (χ3v) is 2.95. The van der Waals surface area contributed by atoms with Gasteiger partial charge in [0.15, 0.2) is 11.5 Å². The molecular formula is C14H23ClN2O3. The highest BCUT2D eigenvalue weighted by Gasteiger charge is 2.11. The molecule has 20 heavy (non-hydrogen) atoms. The number of methoxy groups -OCH3 is 1. The molecule has 0 amide bonds. The van der Waals surface area contributed by atoms with Crippen molar-refractivity contribution in [2.45, 2.75) is 13.5 Å². The van der Waals surface area contributed by atoms with Crippen molar-refractivity contribution in [1.82, 2.24) is 10.6 Å². The van der Waals surface area contributed by atoms with Gasteiger partial charge in [-0.1, -0.05) is 11.6 Å². The molecule has 0 fully saturated rings. The molecule has 5 nitrogen and oxygen atoms in total. The van der Waals surface area contributed by atoms with Crippen LogP contribution in [0.15, 0.2) is 12.1 Å². The van der Waals surface area contributed by atoms with Gasteiger partial charge in [0.25, 0.3) is 0 Å². The molecule has 3 N–H and O–H groups in total. The van der Waals surface area contributed by atoms with Gasteiger partial charge in [0, 0.05) is 26.2 Å². The molecule has 0 aliphatic carbocycles. The Labute approximate surface area is 125 Å². The Kier molecular flexibility index (Phi) is 8.37. The van der Waals surface area contributed by atoms with Gasteiger partial charge in [-0.15, -0.1) is 0 Å². The number of nitrogens with one attached hydrogen (secondary N) is 2. The molecule has 1 aromatic carbocycles. The van der Waals surface area contributed by atoms with Gasteiger partial charge >= 0.3 is 0 Å².